The summed E-state index contributed by atoms with van der Waals surface area (Å²) in [5.41, 5.74) is 3.51. The quantitative estimate of drug-likeness (QED) is 0.539. The molecule has 1 fully saturated rings. The fourth-order valence-corrected chi connectivity index (χ4v) is 4.91. The van der Waals surface area contributed by atoms with Crippen LogP contribution in [0.4, 0.5) is 0 Å². The Morgan fingerprint density at radius 3 is 2.47 bits per heavy atom. The Bertz CT molecular complexity index is 1140. The maximum Gasteiger partial charge on any atom is 0.251 e. The van der Waals surface area contributed by atoms with Crippen molar-refractivity contribution in [3.05, 3.63) is 70.6 Å². The Morgan fingerprint density at radius 2 is 1.76 bits per heavy atom. The zero-order valence-electron chi connectivity index (χ0n) is 19.7. The zero-order valence-corrected chi connectivity index (χ0v) is 19.7. The second-order valence-corrected chi connectivity index (χ2v) is 9.14. The van der Waals surface area contributed by atoms with E-state index in [1.165, 1.54) is 5.56 Å². The maximum absolute atomic E-state index is 12.9. The molecule has 0 spiro atoms. The second-order valence-electron chi connectivity index (χ2n) is 9.14. The van der Waals surface area contributed by atoms with Crippen molar-refractivity contribution < 1.29 is 23.5 Å². The lowest BCUT2D eigenvalue weighted by Crippen LogP contribution is -2.39. The highest BCUT2D eigenvalue weighted by atomic mass is 16.6. The number of hydrogen-bond donors (Lipinski definition) is 1. The Morgan fingerprint density at radius 1 is 1.03 bits per heavy atom. The number of nitrogens with zero attached hydrogens (tertiary/aromatic N) is 1. The molecule has 0 bridgehead atoms. The summed E-state index contributed by atoms with van der Waals surface area (Å²) in [5.74, 6) is 2.96. The lowest BCUT2D eigenvalue weighted by Gasteiger charge is -2.31. The first-order valence-corrected chi connectivity index (χ1v) is 11.9. The Hall–Kier alpha value is -3.48. The van der Waals surface area contributed by atoms with Crippen molar-refractivity contribution in [1.29, 1.82) is 0 Å². The van der Waals surface area contributed by atoms with Gasteiger partial charge in [-0.2, -0.15) is 0 Å². The van der Waals surface area contributed by atoms with Crippen molar-refractivity contribution in [2.75, 3.05) is 19.8 Å². The summed E-state index contributed by atoms with van der Waals surface area (Å²) < 4.78 is 22.5. The third-order valence-electron chi connectivity index (χ3n) is 6.98. The van der Waals surface area contributed by atoms with E-state index >= 15 is 0 Å². The molecule has 2 aliphatic rings. The summed E-state index contributed by atoms with van der Waals surface area (Å²) in [6.07, 6.45) is 4.39. The normalized spacial score (nSPS) is 16.3. The summed E-state index contributed by atoms with van der Waals surface area (Å²) >= 11 is 0. The largest absolute Gasteiger partial charge is 0.489 e. The summed E-state index contributed by atoms with van der Waals surface area (Å²) in [7, 11) is 0. The van der Waals surface area contributed by atoms with Gasteiger partial charge in [0.25, 0.3) is 5.91 Å². The highest BCUT2D eigenvalue weighted by Crippen LogP contribution is 2.43. The summed E-state index contributed by atoms with van der Waals surface area (Å²) in [5, 5.41) is 7.12. The van der Waals surface area contributed by atoms with Crippen LogP contribution in [0.3, 0.4) is 0 Å². The molecule has 5 rings (SSSR count). The van der Waals surface area contributed by atoms with Gasteiger partial charge in [-0.1, -0.05) is 24.1 Å². The number of nitrogens with one attached hydrogen (secondary N) is 1. The number of amides is 1. The van der Waals surface area contributed by atoms with Crippen LogP contribution < -0.4 is 19.5 Å². The molecular formula is C27H30N2O5. The molecule has 0 radical (unpaired) electrons. The molecule has 1 aromatic heterocycles. The predicted molar refractivity (Wildman–Crippen MR) is 127 cm³/mol. The van der Waals surface area contributed by atoms with Gasteiger partial charge >= 0.3 is 0 Å². The minimum Gasteiger partial charge on any atom is -0.489 e. The molecule has 178 valence electrons. The van der Waals surface area contributed by atoms with Crippen LogP contribution in [0, 0.1) is 13.8 Å². The topological polar surface area (TPSA) is 82.8 Å². The molecule has 2 heterocycles. The highest BCUT2D eigenvalue weighted by molar-refractivity contribution is 5.94. The number of fused-ring (bicyclic) bond motifs is 1. The third kappa shape index (κ3) is 4.47. The SMILES string of the molecule is Cc1noc(C)c1COc1ccc(C(=O)NCC2(c3ccc4c(c3)OCCO4)CCCC2)cc1. The molecule has 0 unspecified atom stereocenters. The average molecular weight is 463 g/mol. The van der Waals surface area contributed by atoms with Crippen LogP contribution in [-0.4, -0.2) is 30.8 Å². The molecule has 34 heavy (non-hydrogen) atoms. The van der Waals surface area contributed by atoms with Crippen LogP contribution in [0.5, 0.6) is 17.2 Å². The van der Waals surface area contributed by atoms with Crippen LogP contribution >= 0.6 is 0 Å². The van der Waals surface area contributed by atoms with Gasteiger partial charge in [-0.05, 0) is 68.7 Å². The van der Waals surface area contributed by atoms with E-state index < -0.39 is 0 Å². The number of ether oxygens (including phenoxy) is 3. The molecule has 3 aromatic rings. The molecule has 1 saturated carbocycles. The van der Waals surface area contributed by atoms with Gasteiger partial charge < -0.3 is 24.1 Å². The lowest BCUT2D eigenvalue weighted by atomic mass is 9.78. The van der Waals surface area contributed by atoms with Crippen LogP contribution in [-0.2, 0) is 12.0 Å². The van der Waals surface area contributed by atoms with Crippen molar-refractivity contribution in [2.45, 2.75) is 51.6 Å². The monoisotopic (exact) mass is 462 g/mol. The van der Waals surface area contributed by atoms with Gasteiger partial charge in [0.05, 0.1) is 11.3 Å². The van der Waals surface area contributed by atoms with Crippen molar-refractivity contribution >= 4 is 5.91 Å². The number of aromatic nitrogens is 1. The molecule has 1 aliphatic heterocycles. The second kappa shape index (κ2) is 9.41. The van der Waals surface area contributed by atoms with E-state index in [9.17, 15) is 4.79 Å². The number of aryl methyl sites for hydroxylation is 2. The molecule has 7 nitrogen and oxygen atoms in total. The fraction of sp³-hybridized carbons (Fsp3) is 0.407. The van der Waals surface area contributed by atoms with Crippen molar-refractivity contribution in [3.63, 3.8) is 0 Å². The standard InChI is InChI=1S/C27H30N2O5/c1-18-23(19(2)34-29-18)16-33-22-8-5-20(6-9-22)26(30)28-17-27(11-3-4-12-27)21-7-10-24-25(15-21)32-14-13-31-24/h5-10,15H,3-4,11-14,16-17H2,1-2H3,(H,28,30). The van der Waals surface area contributed by atoms with Gasteiger partial charge in [0.1, 0.15) is 31.3 Å². The molecule has 0 atom stereocenters. The number of carbonyl (C=O) groups excluding carboxylic acids is 1. The molecule has 2 aromatic carbocycles. The van der Waals surface area contributed by atoms with Gasteiger partial charge in [-0.25, -0.2) is 0 Å². The first-order chi connectivity index (χ1) is 16.5. The average Bonchev–Trinajstić information content (AvgIpc) is 3.48. The number of hydrogen-bond acceptors (Lipinski definition) is 6. The molecule has 1 N–H and O–H groups in total. The van der Waals surface area contributed by atoms with E-state index in [1.54, 1.807) is 12.1 Å². The van der Waals surface area contributed by atoms with Gasteiger partial charge in [0.15, 0.2) is 11.5 Å². The Kier molecular flexibility index (Phi) is 6.18. The number of carbonyl (C=O) groups is 1. The van der Waals surface area contributed by atoms with Crippen molar-refractivity contribution in [3.8, 4) is 17.2 Å². The Balaban J connectivity index is 1.23. The molecule has 1 aliphatic carbocycles. The first kappa shape index (κ1) is 22.3. The van der Waals surface area contributed by atoms with E-state index in [1.807, 2.05) is 32.0 Å². The minimum absolute atomic E-state index is 0.0805. The third-order valence-corrected chi connectivity index (χ3v) is 6.98. The van der Waals surface area contributed by atoms with Gasteiger partial charge in [-0.3, -0.25) is 4.79 Å². The van der Waals surface area contributed by atoms with E-state index in [-0.39, 0.29) is 11.3 Å². The molecular weight excluding hydrogens is 432 g/mol. The van der Waals surface area contributed by atoms with Crippen LogP contribution in [0.15, 0.2) is 47.0 Å². The van der Waals surface area contributed by atoms with Gasteiger partial charge in [0.2, 0.25) is 0 Å². The smallest absolute Gasteiger partial charge is 0.251 e. The summed E-state index contributed by atoms with van der Waals surface area (Å²) in [6, 6.07) is 13.4. The maximum atomic E-state index is 12.9. The van der Waals surface area contributed by atoms with Crippen LogP contribution in [0.25, 0.3) is 0 Å². The molecule has 7 heteroatoms. The van der Waals surface area contributed by atoms with E-state index in [0.29, 0.717) is 37.7 Å². The summed E-state index contributed by atoms with van der Waals surface area (Å²) in [4.78, 5) is 12.9. The van der Waals surface area contributed by atoms with Gasteiger partial charge in [0, 0.05) is 17.5 Å². The van der Waals surface area contributed by atoms with Crippen LogP contribution in [0.1, 0.15) is 58.6 Å². The highest BCUT2D eigenvalue weighted by Gasteiger charge is 2.37. The Labute approximate surface area is 199 Å². The van der Waals surface area contributed by atoms with Gasteiger partial charge in [-0.15, -0.1) is 0 Å². The van der Waals surface area contributed by atoms with E-state index in [2.05, 4.69) is 22.6 Å². The molecule has 1 amide bonds. The van der Waals surface area contributed by atoms with E-state index in [0.717, 1.165) is 54.2 Å². The predicted octanol–water partition coefficient (Wildman–Crippen LogP) is 4.88. The lowest BCUT2D eigenvalue weighted by molar-refractivity contribution is 0.0943. The van der Waals surface area contributed by atoms with Crippen LogP contribution in [0.2, 0.25) is 0 Å². The fourth-order valence-electron chi connectivity index (χ4n) is 4.91. The first-order valence-electron chi connectivity index (χ1n) is 11.9. The van der Waals surface area contributed by atoms with E-state index in [4.69, 9.17) is 18.7 Å². The number of benzene rings is 2. The van der Waals surface area contributed by atoms with Crippen molar-refractivity contribution in [1.82, 2.24) is 10.5 Å². The zero-order chi connectivity index (χ0) is 23.5. The van der Waals surface area contributed by atoms with Crippen molar-refractivity contribution in [2.24, 2.45) is 0 Å². The molecule has 0 saturated heterocycles. The number of rotatable bonds is 7. The summed E-state index contributed by atoms with van der Waals surface area (Å²) in [6.45, 7) is 5.88. The minimum atomic E-state index is -0.0823.